The van der Waals surface area contributed by atoms with E-state index in [4.69, 9.17) is 0 Å². The summed E-state index contributed by atoms with van der Waals surface area (Å²) >= 11 is 0. The molecule has 1 amide bonds. The third kappa shape index (κ3) is 2.44. The predicted octanol–water partition coefficient (Wildman–Crippen LogP) is 1.61. The van der Waals surface area contributed by atoms with Gasteiger partial charge in [-0.15, -0.1) is 0 Å². The summed E-state index contributed by atoms with van der Waals surface area (Å²) in [6.45, 7) is 1.54. The lowest BCUT2D eigenvalue weighted by Gasteiger charge is -2.25. The van der Waals surface area contributed by atoms with Gasteiger partial charge in [-0.3, -0.25) is 9.78 Å². The maximum Gasteiger partial charge on any atom is 0.329 e. The molecule has 0 aliphatic heterocycles. The summed E-state index contributed by atoms with van der Waals surface area (Å²) in [5, 5.41) is 12.0. The van der Waals surface area contributed by atoms with Crippen LogP contribution in [-0.2, 0) is 4.79 Å². The number of amides is 1. The molecule has 2 N–H and O–H groups in total. The van der Waals surface area contributed by atoms with Crippen LogP contribution in [0.1, 0.15) is 30.3 Å². The molecule has 0 saturated heterocycles. The van der Waals surface area contributed by atoms with Crippen LogP contribution >= 0.6 is 0 Å². The van der Waals surface area contributed by atoms with Crippen molar-refractivity contribution in [3.63, 3.8) is 0 Å². The molecule has 1 unspecified atom stereocenters. The second kappa shape index (κ2) is 4.80. The van der Waals surface area contributed by atoms with E-state index in [0.717, 1.165) is 12.8 Å². The highest BCUT2D eigenvalue weighted by molar-refractivity contribution is 5.97. The van der Waals surface area contributed by atoms with Crippen LogP contribution in [0, 0.1) is 5.92 Å². The summed E-state index contributed by atoms with van der Waals surface area (Å²) in [7, 11) is 0. The minimum Gasteiger partial charge on any atom is -0.480 e. The number of carbonyl (C=O) groups excluding carboxylic acids is 1. The quantitative estimate of drug-likeness (QED) is 0.890. The van der Waals surface area contributed by atoms with Gasteiger partial charge in [-0.25, -0.2) is 9.78 Å². The van der Waals surface area contributed by atoms with Gasteiger partial charge < -0.3 is 10.4 Å². The van der Waals surface area contributed by atoms with Gasteiger partial charge in [-0.05, 0) is 37.8 Å². The standard InChI is InChI=1S/C15H15N3O3/c1-15(14(20)21,9-6-7-9)18-13(19)12-8-16-10-4-2-3-5-11(10)17-12/h2-5,8-9H,6-7H2,1H3,(H,18,19)(H,20,21). The smallest absolute Gasteiger partial charge is 0.329 e. The Morgan fingerprint density at radius 3 is 2.57 bits per heavy atom. The summed E-state index contributed by atoms with van der Waals surface area (Å²) < 4.78 is 0. The maximum atomic E-state index is 12.3. The van der Waals surface area contributed by atoms with Crippen molar-refractivity contribution < 1.29 is 14.7 Å². The van der Waals surface area contributed by atoms with Gasteiger partial charge in [-0.1, -0.05) is 12.1 Å². The third-order valence-electron chi connectivity index (χ3n) is 3.89. The molecule has 1 atom stereocenters. The zero-order valence-corrected chi connectivity index (χ0v) is 11.5. The molecule has 1 fully saturated rings. The predicted molar refractivity (Wildman–Crippen MR) is 75.8 cm³/mol. The molecule has 6 nitrogen and oxygen atoms in total. The number of benzene rings is 1. The SMILES string of the molecule is CC(NC(=O)c1cnc2ccccc2n1)(C(=O)O)C1CC1. The molecule has 1 heterocycles. The van der Waals surface area contributed by atoms with E-state index in [2.05, 4.69) is 15.3 Å². The fourth-order valence-electron chi connectivity index (χ4n) is 2.36. The molecule has 1 aromatic heterocycles. The van der Waals surface area contributed by atoms with Crippen molar-refractivity contribution in [2.24, 2.45) is 5.92 Å². The normalized spacial score (nSPS) is 17.2. The van der Waals surface area contributed by atoms with Gasteiger partial charge in [0.05, 0.1) is 17.2 Å². The fraction of sp³-hybridized carbons (Fsp3) is 0.333. The van der Waals surface area contributed by atoms with Crippen molar-refractivity contribution in [2.75, 3.05) is 0 Å². The number of carboxylic acid groups (broad SMARTS) is 1. The van der Waals surface area contributed by atoms with E-state index < -0.39 is 17.4 Å². The summed E-state index contributed by atoms with van der Waals surface area (Å²) in [6, 6.07) is 7.21. The molecule has 6 heteroatoms. The van der Waals surface area contributed by atoms with Crippen LogP contribution in [0.25, 0.3) is 11.0 Å². The number of nitrogens with zero attached hydrogens (tertiary/aromatic N) is 2. The number of aliphatic carboxylic acids is 1. The minimum absolute atomic E-state index is 0.0210. The van der Waals surface area contributed by atoms with E-state index in [0.29, 0.717) is 11.0 Å². The van der Waals surface area contributed by atoms with Crippen molar-refractivity contribution in [2.45, 2.75) is 25.3 Å². The molecule has 1 aliphatic carbocycles. The van der Waals surface area contributed by atoms with Crippen LogP contribution in [0.3, 0.4) is 0 Å². The first kappa shape index (κ1) is 13.5. The van der Waals surface area contributed by atoms with Gasteiger partial charge in [0.2, 0.25) is 0 Å². The van der Waals surface area contributed by atoms with Gasteiger partial charge in [-0.2, -0.15) is 0 Å². The molecule has 108 valence electrons. The number of nitrogens with one attached hydrogen (secondary N) is 1. The third-order valence-corrected chi connectivity index (χ3v) is 3.89. The van der Waals surface area contributed by atoms with Crippen LogP contribution in [-0.4, -0.2) is 32.5 Å². The number of aromatic nitrogens is 2. The van der Waals surface area contributed by atoms with E-state index in [9.17, 15) is 14.7 Å². The van der Waals surface area contributed by atoms with E-state index in [1.165, 1.54) is 6.20 Å². The minimum atomic E-state index is -1.25. The highest BCUT2D eigenvalue weighted by Crippen LogP contribution is 2.39. The molecule has 0 bridgehead atoms. The Hall–Kier alpha value is -2.50. The molecular formula is C15H15N3O3. The molecule has 21 heavy (non-hydrogen) atoms. The topological polar surface area (TPSA) is 92.2 Å². The van der Waals surface area contributed by atoms with Crippen molar-refractivity contribution in [3.8, 4) is 0 Å². The highest BCUT2D eigenvalue weighted by atomic mass is 16.4. The van der Waals surface area contributed by atoms with E-state index in [-0.39, 0.29) is 11.6 Å². The van der Waals surface area contributed by atoms with Gasteiger partial charge in [0.1, 0.15) is 11.2 Å². The number of para-hydroxylation sites is 2. The largest absolute Gasteiger partial charge is 0.480 e. The van der Waals surface area contributed by atoms with E-state index in [1.807, 2.05) is 12.1 Å². The molecule has 3 rings (SSSR count). The summed E-state index contributed by atoms with van der Waals surface area (Å²) in [6.07, 6.45) is 2.99. The Labute approximate surface area is 121 Å². The second-order valence-electron chi connectivity index (χ2n) is 5.48. The summed E-state index contributed by atoms with van der Waals surface area (Å²) in [5.74, 6) is -1.55. The average molecular weight is 285 g/mol. The van der Waals surface area contributed by atoms with Crippen LogP contribution < -0.4 is 5.32 Å². The van der Waals surface area contributed by atoms with Gasteiger partial charge in [0, 0.05) is 0 Å². The first-order valence-electron chi connectivity index (χ1n) is 6.78. The maximum absolute atomic E-state index is 12.3. The van der Waals surface area contributed by atoms with Crippen molar-refractivity contribution in [1.82, 2.24) is 15.3 Å². The lowest BCUT2D eigenvalue weighted by atomic mass is 9.96. The zero-order valence-electron chi connectivity index (χ0n) is 11.5. The number of rotatable bonds is 4. The molecule has 1 aliphatic rings. The Kier molecular flexibility index (Phi) is 3.08. The second-order valence-corrected chi connectivity index (χ2v) is 5.48. The summed E-state index contributed by atoms with van der Waals surface area (Å²) in [5.41, 5.74) is 0.178. The number of hydrogen-bond acceptors (Lipinski definition) is 4. The average Bonchev–Trinajstić information content (AvgIpc) is 3.31. The van der Waals surface area contributed by atoms with Crippen LogP contribution in [0.2, 0.25) is 0 Å². The lowest BCUT2D eigenvalue weighted by Crippen LogP contribution is -2.54. The first-order chi connectivity index (χ1) is 10.0. The first-order valence-corrected chi connectivity index (χ1v) is 6.78. The fourth-order valence-corrected chi connectivity index (χ4v) is 2.36. The molecular weight excluding hydrogens is 270 g/mol. The molecule has 0 spiro atoms. The Morgan fingerprint density at radius 1 is 1.29 bits per heavy atom. The van der Waals surface area contributed by atoms with Gasteiger partial charge >= 0.3 is 5.97 Å². The molecule has 0 radical (unpaired) electrons. The Bertz CT molecular complexity index is 727. The van der Waals surface area contributed by atoms with Crippen LogP contribution in [0.15, 0.2) is 30.5 Å². The van der Waals surface area contributed by atoms with Crippen LogP contribution in [0.4, 0.5) is 0 Å². The van der Waals surface area contributed by atoms with Crippen molar-refractivity contribution in [1.29, 1.82) is 0 Å². The highest BCUT2D eigenvalue weighted by Gasteiger charge is 2.48. The lowest BCUT2D eigenvalue weighted by molar-refractivity contribution is -0.144. The zero-order chi connectivity index (χ0) is 15.0. The number of carbonyl (C=O) groups is 2. The molecule has 1 aromatic carbocycles. The molecule has 2 aromatic rings. The van der Waals surface area contributed by atoms with Gasteiger partial charge in [0.15, 0.2) is 0 Å². The van der Waals surface area contributed by atoms with Crippen LogP contribution in [0.5, 0.6) is 0 Å². The number of fused-ring (bicyclic) bond motifs is 1. The van der Waals surface area contributed by atoms with E-state index in [1.54, 1.807) is 19.1 Å². The Morgan fingerprint density at radius 2 is 1.95 bits per heavy atom. The van der Waals surface area contributed by atoms with Gasteiger partial charge in [0.25, 0.3) is 5.91 Å². The van der Waals surface area contributed by atoms with Crippen molar-refractivity contribution in [3.05, 3.63) is 36.2 Å². The van der Waals surface area contributed by atoms with Crippen molar-refractivity contribution >= 4 is 22.9 Å². The number of hydrogen-bond donors (Lipinski definition) is 2. The summed E-state index contributed by atoms with van der Waals surface area (Å²) in [4.78, 5) is 32.1. The number of carboxylic acids is 1. The Balaban J connectivity index is 1.88. The van der Waals surface area contributed by atoms with E-state index >= 15 is 0 Å². The molecule has 1 saturated carbocycles. The monoisotopic (exact) mass is 285 g/mol.